The second-order valence-electron chi connectivity index (χ2n) is 6.09. The van der Waals surface area contributed by atoms with Crippen LogP contribution in [0.25, 0.3) is 11.3 Å². The maximum atomic E-state index is 13.0. The molecule has 2 N–H and O–H groups in total. The van der Waals surface area contributed by atoms with Crippen molar-refractivity contribution >= 4 is 5.91 Å². The lowest BCUT2D eigenvalue weighted by atomic mass is 10.2. The van der Waals surface area contributed by atoms with E-state index in [4.69, 9.17) is 4.74 Å². The first kappa shape index (κ1) is 15.6. The van der Waals surface area contributed by atoms with Gasteiger partial charge >= 0.3 is 0 Å². The van der Waals surface area contributed by atoms with Gasteiger partial charge in [-0.15, -0.1) is 0 Å². The van der Waals surface area contributed by atoms with E-state index in [2.05, 4.69) is 20.2 Å². The first-order valence-corrected chi connectivity index (χ1v) is 8.19. The number of amides is 1. The molecule has 1 amide bonds. The SMILES string of the molecule is CO[C@@H]1C[C@@H](c2ncn[nH]2)N(C(=O)c2ccc(-c3ccccc3)[nH]2)C1. The van der Waals surface area contributed by atoms with Gasteiger partial charge in [-0.3, -0.25) is 9.89 Å². The van der Waals surface area contributed by atoms with Crippen LogP contribution >= 0.6 is 0 Å². The van der Waals surface area contributed by atoms with Crippen LogP contribution in [0.3, 0.4) is 0 Å². The van der Waals surface area contributed by atoms with Crippen molar-refractivity contribution in [2.45, 2.75) is 18.6 Å². The Labute approximate surface area is 145 Å². The number of likely N-dealkylation sites (tertiary alicyclic amines) is 1. The summed E-state index contributed by atoms with van der Waals surface area (Å²) in [5.74, 6) is 0.617. The van der Waals surface area contributed by atoms with Gasteiger partial charge in [-0.05, 0) is 17.7 Å². The van der Waals surface area contributed by atoms with Crippen LogP contribution in [0.2, 0.25) is 0 Å². The highest BCUT2D eigenvalue weighted by Crippen LogP contribution is 2.32. The Balaban J connectivity index is 1.60. The first-order valence-electron chi connectivity index (χ1n) is 8.19. The van der Waals surface area contributed by atoms with Gasteiger partial charge in [-0.2, -0.15) is 5.10 Å². The van der Waals surface area contributed by atoms with Crippen LogP contribution in [-0.4, -0.2) is 50.7 Å². The summed E-state index contributed by atoms with van der Waals surface area (Å²) in [4.78, 5) is 22.3. The minimum Gasteiger partial charge on any atom is -0.380 e. The summed E-state index contributed by atoms with van der Waals surface area (Å²) in [5, 5.41) is 6.78. The number of ether oxygens (including phenoxy) is 1. The molecule has 3 aromatic rings. The van der Waals surface area contributed by atoms with Crippen LogP contribution in [0.15, 0.2) is 48.8 Å². The number of nitrogens with zero attached hydrogens (tertiary/aromatic N) is 3. The standard InChI is InChI=1S/C18H19N5O2/c1-25-13-9-16(17-19-11-20-22-17)23(10-13)18(24)15-8-7-14(21-15)12-5-3-2-4-6-12/h2-8,11,13,16,21H,9-10H2,1H3,(H,19,20,22)/t13-,16+/m1/s1. The number of aromatic amines is 2. The van der Waals surface area contributed by atoms with Crippen molar-refractivity contribution in [3.8, 4) is 11.3 Å². The molecule has 7 nitrogen and oxygen atoms in total. The summed E-state index contributed by atoms with van der Waals surface area (Å²) in [6, 6.07) is 13.5. The highest BCUT2D eigenvalue weighted by atomic mass is 16.5. The second-order valence-corrected chi connectivity index (χ2v) is 6.09. The molecule has 128 valence electrons. The number of carbonyl (C=O) groups is 1. The number of nitrogens with one attached hydrogen (secondary N) is 2. The highest BCUT2D eigenvalue weighted by molar-refractivity contribution is 5.94. The van der Waals surface area contributed by atoms with Crippen LogP contribution in [0, 0.1) is 0 Å². The van der Waals surface area contributed by atoms with E-state index < -0.39 is 0 Å². The predicted molar refractivity (Wildman–Crippen MR) is 91.8 cm³/mol. The number of benzene rings is 1. The highest BCUT2D eigenvalue weighted by Gasteiger charge is 2.38. The van der Waals surface area contributed by atoms with Crippen molar-refractivity contribution < 1.29 is 9.53 Å². The van der Waals surface area contributed by atoms with E-state index in [9.17, 15) is 4.79 Å². The molecule has 1 saturated heterocycles. The maximum Gasteiger partial charge on any atom is 0.270 e. The average Bonchev–Trinajstić information content (AvgIpc) is 3.41. The third kappa shape index (κ3) is 2.94. The molecule has 0 aliphatic carbocycles. The molecular weight excluding hydrogens is 318 g/mol. The van der Waals surface area contributed by atoms with Crippen LogP contribution in [0.5, 0.6) is 0 Å². The zero-order valence-electron chi connectivity index (χ0n) is 13.8. The van der Waals surface area contributed by atoms with Crippen molar-refractivity contribution in [1.29, 1.82) is 0 Å². The average molecular weight is 337 g/mol. The molecule has 1 aliphatic rings. The fraction of sp³-hybridized carbons (Fsp3) is 0.278. The summed E-state index contributed by atoms with van der Waals surface area (Å²) < 4.78 is 5.46. The summed E-state index contributed by atoms with van der Waals surface area (Å²) in [6.07, 6.45) is 2.15. The van der Waals surface area contributed by atoms with E-state index in [1.165, 1.54) is 6.33 Å². The van der Waals surface area contributed by atoms with E-state index in [0.717, 1.165) is 11.3 Å². The largest absolute Gasteiger partial charge is 0.380 e. The molecule has 1 aromatic carbocycles. The molecule has 2 aromatic heterocycles. The van der Waals surface area contributed by atoms with Crippen molar-refractivity contribution in [3.05, 3.63) is 60.3 Å². The summed E-state index contributed by atoms with van der Waals surface area (Å²) in [5.41, 5.74) is 2.52. The van der Waals surface area contributed by atoms with Crippen molar-refractivity contribution in [2.24, 2.45) is 0 Å². The minimum atomic E-state index is -0.163. The lowest BCUT2D eigenvalue weighted by molar-refractivity contribution is 0.0679. The van der Waals surface area contributed by atoms with Gasteiger partial charge in [-0.1, -0.05) is 30.3 Å². The van der Waals surface area contributed by atoms with Gasteiger partial charge in [0, 0.05) is 25.8 Å². The van der Waals surface area contributed by atoms with Crippen molar-refractivity contribution in [1.82, 2.24) is 25.1 Å². The molecule has 0 unspecified atom stereocenters. The number of H-pyrrole nitrogens is 2. The van der Waals surface area contributed by atoms with Crippen LogP contribution in [0.1, 0.15) is 28.8 Å². The van der Waals surface area contributed by atoms with Gasteiger partial charge < -0.3 is 14.6 Å². The Hall–Kier alpha value is -2.93. The molecule has 0 bridgehead atoms. The normalized spacial score (nSPS) is 20.1. The van der Waals surface area contributed by atoms with Crippen LogP contribution in [0.4, 0.5) is 0 Å². The molecule has 0 spiro atoms. The molecule has 1 fully saturated rings. The van der Waals surface area contributed by atoms with Gasteiger partial charge in [-0.25, -0.2) is 4.98 Å². The number of methoxy groups -OCH3 is 1. The monoisotopic (exact) mass is 337 g/mol. The van der Waals surface area contributed by atoms with Crippen LogP contribution < -0.4 is 0 Å². The van der Waals surface area contributed by atoms with E-state index in [1.807, 2.05) is 42.5 Å². The third-order valence-corrected chi connectivity index (χ3v) is 4.61. The molecule has 0 radical (unpaired) electrons. The Morgan fingerprint density at radius 3 is 2.80 bits per heavy atom. The first-order chi connectivity index (χ1) is 12.3. The molecule has 0 saturated carbocycles. The zero-order valence-corrected chi connectivity index (χ0v) is 13.8. The van der Waals surface area contributed by atoms with E-state index in [0.29, 0.717) is 24.5 Å². The summed E-state index contributed by atoms with van der Waals surface area (Å²) in [6.45, 7) is 0.528. The molecule has 25 heavy (non-hydrogen) atoms. The van der Waals surface area contributed by atoms with E-state index in [1.54, 1.807) is 12.0 Å². The number of hydrogen-bond acceptors (Lipinski definition) is 4. The number of hydrogen-bond donors (Lipinski definition) is 2. The Morgan fingerprint density at radius 1 is 1.24 bits per heavy atom. The number of rotatable bonds is 4. The molecular formula is C18H19N5O2. The van der Waals surface area contributed by atoms with Gasteiger partial charge in [0.15, 0.2) is 0 Å². The zero-order chi connectivity index (χ0) is 17.2. The molecule has 7 heteroatoms. The van der Waals surface area contributed by atoms with E-state index >= 15 is 0 Å². The number of aromatic nitrogens is 4. The quantitative estimate of drug-likeness (QED) is 0.765. The van der Waals surface area contributed by atoms with Crippen molar-refractivity contribution in [2.75, 3.05) is 13.7 Å². The lowest BCUT2D eigenvalue weighted by Gasteiger charge is -2.22. The van der Waals surface area contributed by atoms with Crippen LogP contribution in [-0.2, 0) is 4.74 Å². The second kappa shape index (κ2) is 6.52. The summed E-state index contributed by atoms with van der Waals surface area (Å²) in [7, 11) is 1.66. The number of carbonyl (C=O) groups excluding carboxylic acids is 1. The molecule has 1 aliphatic heterocycles. The molecule has 3 heterocycles. The summed E-state index contributed by atoms with van der Waals surface area (Å²) >= 11 is 0. The molecule has 4 rings (SSSR count). The lowest BCUT2D eigenvalue weighted by Crippen LogP contribution is -2.32. The van der Waals surface area contributed by atoms with Crippen molar-refractivity contribution in [3.63, 3.8) is 0 Å². The van der Waals surface area contributed by atoms with E-state index in [-0.39, 0.29) is 18.1 Å². The van der Waals surface area contributed by atoms with Gasteiger partial charge in [0.1, 0.15) is 17.8 Å². The van der Waals surface area contributed by atoms with Gasteiger partial charge in [0.25, 0.3) is 5.91 Å². The Morgan fingerprint density at radius 2 is 2.08 bits per heavy atom. The van der Waals surface area contributed by atoms with Gasteiger partial charge in [0.2, 0.25) is 0 Å². The molecule has 2 atom stereocenters. The minimum absolute atomic E-state index is 0.0115. The predicted octanol–water partition coefficient (Wildman–Crippen LogP) is 2.40. The smallest absolute Gasteiger partial charge is 0.270 e. The fourth-order valence-electron chi connectivity index (χ4n) is 3.29. The fourth-order valence-corrected chi connectivity index (χ4v) is 3.29. The Bertz CT molecular complexity index is 844. The van der Waals surface area contributed by atoms with Gasteiger partial charge in [0.05, 0.1) is 12.1 Å². The third-order valence-electron chi connectivity index (χ3n) is 4.61. The maximum absolute atomic E-state index is 13.0. The Kier molecular flexibility index (Phi) is 4.07. The topological polar surface area (TPSA) is 86.9 Å².